The Hall–Kier alpha value is -0.0300. The van der Waals surface area contributed by atoms with E-state index >= 15 is 0 Å². The number of nitrogens with zero attached hydrogens (tertiary/aromatic N) is 1. The van der Waals surface area contributed by atoms with E-state index in [1.54, 1.807) is 13.8 Å². The summed E-state index contributed by atoms with van der Waals surface area (Å²) in [6.07, 6.45) is 0. The molecule has 34 valence electrons. The van der Waals surface area contributed by atoms with Crippen molar-refractivity contribution in [2.24, 2.45) is 0 Å². The van der Waals surface area contributed by atoms with E-state index in [1.165, 1.54) is 0 Å². The molecule has 0 N–H and O–H groups in total. The Balaban J connectivity index is 3.55. The highest BCUT2D eigenvalue weighted by molar-refractivity contribution is 9.10. The number of alkyl halides is 1. The van der Waals surface area contributed by atoms with Gasteiger partial charge in [-0.2, -0.15) is 5.26 Å². The van der Waals surface area contributed by atoms with Crippen LogP contribution in [0.4, 0.5) is 0 Å². The van der Waals surface area contributed by atoms with Crippen LogP contribution >= 0.6 is 15.9 Å². The summed E-state index contributed by atoms with van der Waals surface area (Å²) in [5, 5.41) is 8.11. The largest absolute Gasteiger partial charge is 0.197 e. The molecule has 0 aromatic heterocycles. The molecule has 0 rings (SSSR count). The van der Waals surface area contributed by atoms with Gasteiger partial charge in [-0.15, -0.1) is 0 Å². The van der Waals surface area contributed by atoms with Crippen molar-refractivity contribution in [3.8, 4) is 6.07 Å². The van der Waals surface area contributed by atoms with Crippen LogP contribution in [0.1, 0.15) is 13.8 Å². The number of hydrogen-bond donors (Lipinski definition) is 0. The van der Waals surface area contributed by atoms with Crippen LogP contribution in [0.3, 0.4) is 0 Å². The molecule has 0 aliphatic rings. The third kappa shape index (κ3) is 3.97. The second-order valence-corrected chi connectivity index (χ2v) is 3.57. The molecule has 6 heavy (non-hydrogen) atoms. The minimum Gasteiger partial charge on any atom is -0.197 e. The highest BCUT2D eigenvalue weighted by atomic mass is 79.9. The van der Waals surface area contributed by atoms with E-state index in [0.29, 0.717) is 0 Å². The normalized spacial score (nSPS) is 10.3. The molecule has 0 heterocycles. The van der Waals surface area contributed by atoms with Crippen LogP contribution < -0.4 is 0 Å². The lowest BCUT2D eigenvalue weighted by atomic mass is 10.3. The molecule has 0 bridgehead atoms. The summed E-state index contributed by atoms with van der Waals surface area (Å²) in [4.78, 5) is 0. The highest BCUT2D eigenvalue weighted by Gasteiger charge is 2.07. The van der Waals surface area contributed by atoms with E-state index in [9.17, 15) is 0 Å². The van der Waals surface area contributed by atoms with Crippen molar-refractivity contribution in [1.29, 1.82) is 5.26 Å². The van der Waals surface area contributed by atoms with E-state index < -0.39 is 0 Å². The summed E-state index contributed by atoms with van der Waals surface area (Å²) in [5.41, 5.74) is 0. The Kier molecular flexibility index (Phi) is 1.60. The predicted molar refractivity (Wildman–Crippen MR) is 28.6 cm³/mol. The zero-order valence-electron chi connectivity index (χ0n) is 3.83. The van der Waals surface area contributed by atoms with Crippen molar-refractivity contribution in [1.82, 2.24) is 0 Å². The summed E-state index contributed by atoms with van der Waals surface area (Å²) in [5.74, 6) is 0. The van der Waals surface area contributed by atoms with Crippen LogP contribution in [-0.2, 0) is 0 Å². The molecule has 0 fully saturated rings. The Morgan fingerprint density at radius 1 is 1.67 bits per heavy atom. The van der Waals surface area contributed by atoms with Gasteiger partial charge in [0.15, 0.2) is 0 Å². The Bertz CT molecular complexity index is 74.5. The molecule has 0 aromatic rings. The van der Waals surface area contributed by atoms with Crippen LogP contribution in [0.15, 0.2) is 0 Å². The molecule has 0 spiro atoms. The molecule has 0 aromatic carbocycles. The summed E-state index contributed by atoms with van der Waals surface area (Å²) in [6.45, 7) is 3.60. The first-order chi connectivity index (χ1) is 2.56. The van der Waals surface area contributed by atoms with Crippen LogP contribution in [-0.4, -0.2) is 4.32 Å². The standard InChI is InChI=1S/C4H6BrN/c1-4(2,5)3-6/h1-2H3. The Morgan fingerprint density at radius 3 is 1.83 bits per heavy atom. The highest BCUT2D eigenvalue weighted by Crippen LogP contribution is 2.11. The average molecular weight is 148 g/mol. The van der Waals surface area contributed by atoms with Gasteiger partial charge in [-0.1, -0.05) is 15.9 Å². The molecule has 0 aliphatic heterocycles. The van der Waals surface area contributed by atoms with E-state index in [1.807, 2.05) is 6.07 Å². The lowest BCUT2D eigenvalue weighted by molar-refractivity contribution is 0.936. The van der Waals surface area contributed by atoms with Gasteiger partial charge in [0.25, 0.3) is 0 Å². The Morgan fingerprint density at radius 2 is 1.83 bits per heavy atom. The van der Waals surface area contributed by atoms with Crippen LogP contribution in [0.2, 0.25) is 0 Å². The first-order valence-corrected chi connectivity index (χ1v) is 2.46. The van der Waals surface area contributed by atoms with Gasteiger partial charge < -0.3 is 0 Å². The minimum absolute atomic E-state index is 0.340. The average Bonchev–Trinajstić information content (AvgIpc) is 1.35. The third-order valence-corrected chi connectivity index (χ3v) is 0.443. The van der Waals surface area contributed by atoms with Crippen molar-refractivity contribution in [3.05, 3.63) is 0 Å². The van der Waals surface area contributed by atoms with Gasteiger partial charge in [-0.3, -0.25) is 0 Å². The molecule has 0 aliphatic carbocycles. The van der Waals surface area contributed by atoms with Gasteiger partial charge in [-0.25, -0.2) is 0 Å². The molecule has 0 amide bonds. The first kappa shape index (κ1) is 5.97. The smallest absolute Gasteiger partial charge is 0.106 e. The first-order valence-electron chi connectivity index (χ1n) is 1.66. The number of hydrogen-bond acceptors (Lipinski definition) is 1. The molecule has 1 nitrogen and oxygen atoms in total. The quantitative estimate of drug-likeness (QED) is 0.479. The van der Waals surface area contributed by atoms with Crippen molar-refractivity contribution in [2.75, 3.05) is 0 Å². The van der Waals surface area contributed by atoms with Gasteiger partial charge >= 0.3 is 0 Å². The third-order valence-electron chi connectivity index (χ3n) is 0.266. The van der Waals surface area contributed by atoms with E-state index in [0.717, 1.165) is 0 Å². The predicted octanol–water partition coefficient (Wildman–Crippen LogP) is 1.68. The van der Waals surface area contributed by atoms with Crippen molar-refractivity contribution in [3.63, 3.8) is 0 Å². The summed E-state index contributed by atoms with van der Waals surface area (Å²) in [7, 11) is 0. The van der Waals surface area contributed by atoms with E-state index in [4.69, 9.17) is 5.26 Å². The monoisotopic (exact) mass is 147 g/mol. The molecular formula is C4H6BrN. The minimum atomic E-state index is -0.340. The summed E-state index contributed by atoms with van der Waals surface area (Å²) in [6, 6.07) is 2.02. The van der Waals surface area contributed by atoms with Gasteiger partial charge in [-0.05, 0) is 13.8 Å². The van der Waals surface area contributed by atoms with Gasteiger partial charge in [0.1, 0.15) is 4.32 Å². The van der Waals surface area contributed by atoms with Crippen LogP contribution in [0.5, 0.6) is 0 Å². The molecule has 0 saturated heterocycles. The van der Waals surface area contributed by atoms with Crippen LogP contribution in [0.25, 0.3) is 0 Å². The zero-order valence-corrected chi connectivity index (χ0v) is 5.41. The molecular weight excluding hydrogens is 142 g/mol. The SMILES string of the molecule is CC(C)(Br)C#N. The van der Waals surface area contributed by atoms with Gasteiger partial charge in [0.2, 0.25) is 0 Å². The molecule has 2 heteroatoms. The maximum absolute atomic E-state index is 8.11. The van der Waals surface area contributed by atoms with Crippen molar-refractivity contribution in [2.45, 2.75) is 18.2 Å². The summed E-state index contributed by atoms with van der Waals surface area (Å²) < 4.78 is -0.340. The zero-order chi connectivity index (χ0) is 5.21. The fraction of sp³-hybridized carbons (Fsp3) is 0.750. The Labute approximate surface area is 46.1 Å². The van der Waals surface area contributed by atoms with Gasteiger partial charge in [0, 0.05) is 0 Å². The number of halogens is 1. The second-order valence-electron chi connectivity index (χ2n) is 1.58. The van der Waals surface area contributed by atoms with E-state index in [-0.39, 0.29) is 4.32 Å². The topological polar surface area (TPSA) is 23.8 Å². The molecule has 0 saturated carbocycles. The fourth-order valence-electron chi connectivity index (χ4n) is 0. The summed E-state index contributed by atoms with van der Waals surface area (Å²) >= 11 is 3.12. The van der Waals surface area contributed by atoms with Crippen LogP contribution in [0, 0.1) is 11.3 Å². The van der Waals surface area contributed by atoms with Crippen molar-refractivity contribution < 1.29 is 0 Å². The van der Waals surface area contributed by atoms with Gasteiger partial charge in [0.05, 0.1) is 6.07 Å². The number of rotatable bonds is 0. The maximum Gasteiger partial charge on any atom is 0.106 e. The number of nitriles is 1. The maximum atomic E-state index is 8.11. The van der Waals surface area contributed by atoms with E-state index in [2.05, 4.69) is 15.9 Å². The second kappa shape index (κ2) is 1.61. The fourth-order valence-corrected chi connectivity index (χ4v) is 0. The van der Waals surface area contributed by atoms with Crippen molar-refractivity contribution >= 4 is 15.9 Å². The lowest BCUT2D eigenvalue weighted by Gasteiger charge is -1.98. The molecule has 0 atom stereocenters. The lowest BCUT2D eigenvalue weighted by Crippen LogP contribution is -2.02. The molecule has 0 radical (unpaired) electrons. The molecule has 0 unspecified atom stereocenters.